The molecule has 0 aromatic rings. The van der Waals surface area contributed by atoms with Crippen molar-refractivity contribution >= 4 is 17.3 Å². The van der Waals surface area contributed by atoms with Crippen molar-refractivity contribution in [2.45, 2.75) is 45.3 Å². The first-order chi connectivity index (χ1) is 8.79. The number of ether oxygens (including phenoxy) is 1. The number of Topliss-reactive ketones (excluding diaryl/α,β-unsaturated/α-hetero) is 2. The Morgan fingerprint density at radius 2 is 1.84 bits per heavy atom. The molecule has 2 aliphatic heterocycles. The van der Waals surface area contributed by atoms with Crippen molar-refractivity contribution in [2.24, 2.45) is 16.7 Å². The van der Waals surface area contributed by atoms with Crippen LogP contribution in [0.3, 0.4) is 0 Å². The molecule has 2 aliphatic carbocycles. The number of rotatable bonds is 0. The van der Waals surface area contributed by atoms with Gasteiger partial charge in [-0.15, -0.1) is 0 Å². The van der Waals surface area contributed by atoms with Crippen LogP contribution >= 0.6 is 0 Å². The van der Waals surface area contributed by atoms with Gasteiger partial charge in [-0.1, -0.05) is 0 Å². The summed E-state index contributed by atoms with van der Waals surface area (Å²) < 4.78 is 5.96. The monoisotopic (exact) mass is 260 g/mol. The zero-order valence-corrected chi connectivity index (χ0v) is 11.3. The first-order valence-electron chi connectivity index (χ1n) is 6.78. The molecule has 3 fully saturated rings. The summed E-state index contributed by atoms with van der Waals surface area (Å²) in [5.74, 6) is -0.607. The second-order valence-corrected chi connectivity index (χ2v) is 6.83. The van der Waals surface area contributed by atoms with Crippen LogP contribution in [0.2, 0.25) is 0 Å². The zero-order valence-electron chi connectivity index (χ0n) is 11.3. The number of hydrogen-bond acceptors (Lipinski definition) is 4. The number of carbonyl (C=O) groups excluding carboxylic acids is 3. The van der Waals surface area contributed by atoms with Gasteiger partial charge in [0.2, 0.25) is 0 Å². The third-order valence-electron chi connectivity index (χ3n) is 5.96. The molecule has 4 rings (SSSR count). The van der Waals surface area contributed by atoms with Gasteiger partial charge >= 0.3 is 0 Å². The summed E-state index contributed by atoms with van der Waals surface area (Å²) in [4.78, 5) is 37.5. The van der Waals surface area contributed by atoms with Gasteiger partial charge in [0.1, 0.15) is 6.10 Å². The first-order valence-corrected chi connectivity index (χ1v) is 6.78. The molecule has 4 heteroatoms. The van der Waals surface area contributed by atoms with E-state index in [9.17, 15) is 14.4 Å². The smallest absolute Gasteiger partial charge is 0.171 e. The predicted molar refractivity (Wildman–Crippen MR) is 65.3 cm³/mol. The Labute approximate surface area is 111 Å². The maximum Gasteiger partial charge on any atom is 0.171 e. The molecule has 0 aromatic heterocycles. The SMILES string of the molecule is CC1=CC(=O)[C@H]2[C@@](C)(C1=O)[C@H]1O[C@]2(C)C2(CC2)C1=O. The highest BCUT2D eigenvalue weighted by Gasteiger charge is 2.84. The van der Waals surface area contributed by atoms with Gasteiger partial charge in [-0.2, -0.15) is 0 Å². The van der Waals surface area contributed by atoms with E-state index >= 15 is 0 Å². The van der Waals surface area contributed by atoms with Crippen LogP contribution in [0, 0.1) is 16.7 Å². The Kier molecular flexibility index (Phi) is 1.67. The van der Waals surface area contributed by atoms with E-state index in [0.717, 1.165) is 12.8 Å². The lowest BCUT2D eigenvalue weighted by Gasteiger charge is -2.44. The molecule has 0 radical (unpaired) electrons. The summed E-state index contributed by atoms with van der Waals surface area (Å²) in [6.07, 6.45) is 2.28. The van der Waals surface area contributed by atoms with E-state index in [4.69, 9.17) is 4.74 Å². The van der Waals surface area contributed by atoms with Crippen molar-refractivity contribution in [3.8, 4) is 0 Å². The van der Waals surface area contributed by atoms with Gasteiger partial charge in [0.05, 0.1) is 22.3 Å². The quantitative estimate of drug-likeness (QED) is 0.657. The van der Waals surface area contributed by atoms with Gasteiger partial charge in [0.15, 0.2) is 17.3 Å². The van der Waals surface area contributed by atoms with Crippen molar-refractivity contribution in [3.05, 3.63) is 11.6 Å². The second-order valence-electron chi connectivity index (χ2n) is 6.83. The summed E-state index contributed by atoms with van der Waals surface area (Å²) in [5.41, 5.74) is -1.82. The van der Waals surface area contributed by atoms with Crippen molar-refractivity contribution < 1.29 is 19.1 Å². The third-order valence-corrected chi connectivity index (χ3v) is 5.96. The highest BCUT2D eigenvalue weighted by molar-refractivity contribution is 6.18. The van der Waals surface area contributed by atoms with Crippen LogP contribution in [0.5, 0.6) is 0 Å². The largest absolute Gasteiger partial charge is 0.361 e. The number of hydrogen-bond donors (Lipinski definition) is 0. The standard InChI is InChI=1S/C15H16O4/c1-7-6-8(16)9-13(2,10(7)17)12-11(18)15(4-5-15)14(9,3)19-12/h6,9,12H,4-5H2,1-3H3/t9-,12-,13-,14-/m0/s1. The minimum atomic E-state index is -0.990. The Morgan fingerprint density at radius 1 is 1.21 bits per heavy atom. The molecule has 2 saturated heterocycles. The van der Waals surface area contributed by atoms with E-state index in [0.29, 0.717) is 5.57 Å². The Bertz CT molecular complexity index is 597. The maximum absolute atomic E-state index is 12.6. The van der Waals surface area contributed by atoms with Crippen LogP contribution in [0.4, 0.5) is 0 Å². The molecule has 2 heterocycles. The van der Waals surface area contributed by atoms with Crippen molar-refractivity contribution in [3.63, 3.8) is 0 Å². The Hall–Kier alpha value is -1.29. The molecule has 0 amide bonds. The topological polar surface area (TPSA) is 60.4 Å². The van der Waals surface area contributed by atoms with Gasteiger partial charge in [0, 0.05) is 0 Å². The minimum Gasteiger partial charge on any atom is -0.361 e. The van der Waals surface area contributed by atoms with E-state index < -0.39 is 28.5 Å². The summed E-state index contributed by atoms with van der Waals surface area (Å²) in [7, 11) is 0. The number of carbonyl (C=O) groups is 3. The molecule has 4 nitrogen and oxygen atoms in total. The van der Waals surface area contributed by atoms with Gasteiger partial charge in [-0.3, -0.25) is 14.4 Å². The van der Waals surface area contributed by atoms with Crippen LogP contribution in [0.1, 0.15) is 33.6 Å². The van der Waals surface area contributed by atoms with E-state index in [2.05, 4.69) is 0 Å². The normalized spacial score (nSPS) is 49.6. The van der Waals surface area contributed by atoms with E-state index in [1.807, 2.05) is 6.92 Å². The number of ketones is 3. The fourth-order valence-corrected chi connectivity index (χ4v) is 4.84. The molecule has 0 unspecified atom stereocenters. The highest BCUT2D eigenvalue weighted by Crippen LogP contribution is 2.73. The first kappa shape index (κ1) is 11.5. The second kappa shape index (κ2) is 2.75. The third kappa shape index (κ3) is 0.891. The van der Waals surface area contributed by atoms with Gasteiger partial charge in [-0.25, -0.2) is 0 Å². The lowest BCUT2D eigenvalue weighted by Crippen LogP contribution is -2.60. The number of allylic oxidation sites excluding steroid dienone is 2. The summed E-state index contributed by atoms with van der Waals surface area (Å²) in [5, 5.41) is 0. The van der Waals surface area contributed by atoms with Crippen molar-refractivity contribution in [1.82, 2.24) is 0 Å². The molecule has 4 atom stereocenters. The highest BCUT2D eigenvalue weighted by atomic mass is 16.5. The summed E-state index contributed by atoms with van der Waals surface area (Å²) in [6.45, 7) is 5.23. The molecule has 0 N–H and O–H groups in total. The molecule has 1 saturated carbocycles. The van der Waals surface area contributed by atoms with Gasteiger partial charge < -0.3 is 4.74 Å². The molecule has 100 valence electrons. The van der Waals surface area contributed by atoms with Crippen LogP contribution in [0.25, 0.3) is 0 Å². The molecule has 0 aromatic carbocycles. The molecular formula is C15H16O4. The van der Waals surface area contributed by atoms with E-state index in [-0.39, 0.29) is 17.3 Å². The van der Waals surface area contributed by atoms with Gasteiger partial charge in [-0.05, 0) is 45.3 Å². The zero-order chi connectivity index (χ0) is 13.8. The van der Waals surface area contributed by atoms with Crippen LogP contribution in [-0.4, -0.2) is 29.1 Å². The molecule has 2 bridgehead atoms. The molecule has 19 heavy (non-hydrogen) atoms. The van der Waals surface area contributed by atoms with E-state index in [1.165, 1.54) is 6.08 Å². The molecular weight excluding hydrogens is 244 g/mol. The van der Waals surface area contributed by atoms with Crippen molar-refractivity contribution in [2.75, 3.05) is 0 Å². The Morgan fingerprint density at radius 3 is 2.42 bits per heavy atom. The molecule has 1 spiro atoms. The minimum absolute atomic E-state index is 0.0459. The predicted octanol–water partition coefficient (Wildman–Crippen LogP) is 1.23. The fourth-order valence-electron chi connectivity index (χ4n) is 4.84. The van der Waals surface area contributed by atoms with Crippen LogP contribution < -0.4 is 0 Å². The van der Waals surface area contributed by atoms with Crippen LogP contribution in [0.15, 0.2) is 11.6 Å². The average Bonchev–Trinajstić information content (AvgIpc) is 3.05. The summed E-state index contributed by atoms with van der Waals surface area (Å²) >= 11 is 0. The van der Waals surface area contributed by atoms with E-state index in [1.54, 1.807) is 13.8 Å². The maximum atomic E-state index is 12.6. The van der Waals surface area contributed by atoms with Crippen molar-refractivity contribution in [1.29, 1.82) is 0 Å². The lowest BCUT2D eigenvalue weighted by atomic mass is 9.52. The Balaban J connectivity index is 1.98. The molecule has 4 aliphatic rings. The average molecular weight is 260 g/mol. The number of fused-ring (bicyclic) bond motifs is 6. The van der Waals surface area contributed by atoms with Gasteiger partial charge in [0.25, 0.3) is 0 Å². The lowest BCUT2D eigenvalue weighted by molar-refractivity contribution is -0.146. The summed E-state index contributed by atoms with van der Waals surface area (Å²) in [6, 6.07) is 0. The fraction of sp³-hybridized carbons (Fsp3) is 0.667. The van der Waals surface area contributed by atoms with Crippen LogP contribution in [-0.2, 0) is 19.1 Å².